The first-order valence-corrected chi connectivity index (χ1v) is 5.92. The summed E-state index contributed by atoms with van der Waals surface area (Å²) in [5.74, 6) is 5.55. The van der Waals surface area contributed by atoms with E-state index in [9.17, 15) is 0 Å². The van der Waals surface area contributed by atoms with Crippen molar-refractivity contribution in [2.24, 2.45) is 5.84 Å². The first-order valence-electron chi connectivity index (χ1n) is 5.54. The van der Waals surface area contributed by atoms with Gasteiger partial charge in [0.05, 0.1) is 12.3 Å². The van der Waals surface area contributed by atoms with Crippen LogP contribution in [-0.4, -0.2) is 0 Å². The number of nitrogens with one attached hydrogen (secondary N) is 1. The molecule has 1 aromatic heterocycles. The SMILES string of the molecule is NNC(CCc1ccccc1)c1ccoc1Cl. The molecule has 1 aromatic carbocycles. The lowest BCUT2D eigenvalue weighted by atomic mass is 10.0. The van der Waals surface area contributed by atoms with Gasteiger partial charge in [0.15, 0.2) is 5.22 Å². The van der Waals surface area contributed by atoms with Gasteiger partial charge in [0.1, 0.15) is 0 Å². The summed E-state index contributed by atoms with van der Waals surface area (Å²) < 4.78 is 5.07. The van der Waals surface area contributed by atoms with Crippen LogP contribution in [0.3, 0.4) is 0 Å². The zero-order valence-corrected chi connectivity index (χ0v) is 10.2. The number of hydrogen-bond donors (Lipinski definition) is 2. The van der Waals surface area contributed by atoms with Gasteiger partial charge in [0, 0.05) is 5.56 Å². The lowest BCUT2D eigenvalue weighted by Crippen LogP contribution is -2.28. The van der Waals surface area contributed by atoms with E-state index in [0.717, 1.165) is 18.4 Å². The number of aryl methyl sites for hydroxylation is 1. The van der Waals surface area contributed by atoms with Crippen LogP contribution in [0, 0.1) is 0 Å². The minimum Gasteiger partial charge on any atom is -0.453 e. The van der Waals surface area contributed by atoms with Crippen LogP contribution in [0.5, 0.6) is 0 Å². The maximum atomic E-state index is 5.93. The van der Waals surface area contributed by atoms with Crippen molar-refractivity contribution in [3.63, 3.8) is 0 Å². The molecule has 3 N–H and O–H groups in total. The third-order valence-electron chi connectivity index (χ3n) is 2.79. The van der Waals surface area contributed by atoms with Gasteiger partial charge in [-0.25, -0.2) is 0 Å². The largest absolute Gasteiger partial charge is 0.453 e. The Morgan fingerprint density at radius 3 is 2.59 bits per heavy atom. The number of furan rings is 1. The number of benzene rings is 1. The Morgan fingerprint density at radius 1 is 1.24 bits per heavy atom. The Balaban J connectivity index is 2.00. The molecule has 0 spiro atoms. The van der Waals surface area contributed by atoms with E-state index in [1.807, 2.05) is 24.3 Å². The van der Waals surface area contributed by atoms with E-state index in [1.165, 1.54) is 5.56 Å². The maximum Gasteiger partial charge on any atom is 0.197 e. The molecule has 0 aliphatic carbocycles. The quantitative estimate of drug-likeness (QED) is 0.633. The Morgan fingerprint density at radius 2 is 2.00 bits per heavy atom. The highest BCUT2D eigenvalue weighted by Gasteiger charge is 2.15. The van der Waals surface area contributed by atoms with Gasteiger partial charge in [-0.1, -0.05) is 30.3 Å². The average Bonchev–Trinajstić information content (AvgIpc) is 2.78. The molecule has 17 heavy (non-hydrogen) atoms. The number of hydrogen-bond acceptors (Lipinski definition) is 3. The van der Waals surface area contributed by atoms with Crippen molar-refractivity contribution in [3.8, 4) is 0 Å². The van der Waals surface area contributed by atoms with Gasteiger partial charge in [-0.05, 0) is 36.1 Å². The van der Waals surface area contributed by atoms with E-state index in [-0.39, 0.29) is 6.04 Å². The van der Waals surface area contributed by atoms with Crippen molar-refractivity contribution < 1.29 is 4.42 Å². The van der Waals surface area contributed by atoms with Crippen LogP contribution in [0.4, 0.5) is 0 Å². The highest BCUT2D eigenvalue weighted by Crippen LogP contribution is 2.26. The maximum absolute atomic E-state index is 5.93. The fraction of sp³-hybridized carbons (Fsp3) is 0.231. The van der Waals surface area contributed by atoms with E-state index in [2.05, 4.69) is 17.6 Å². The van der Waals surface area contributed by atoms with Gasteiger partial charge < -0.3 is 4.42 Å². The van der Waals surface area contributed by atoms with Crippen molar-refractivity contribution in [3.05, 3.63) is 59.0 Å². The Hall–Kier alpha value is -1.29. The lowest BCUT2D eigenvalue weighted by molar-refractivity contribution is 0.502. The Kier molecular flexibility index (Phi) is 4.20. The molecule has 1 unspecified atom stereocenters. The minimum atomic E-state index is 0.0152. The van der Waals surface area contributed by atoms with Crippen molar-refractivity contribution in [1.82, 2.24) is 5.43 Å². The van der Waals surface area contributed by atoms with Crippen LogP contribution in [0.2, 0.25) is 5.22 Å². The van der Waals surface area contributed by atoms with Gasteiger partial charge in [-0.2, -0.15) is 0 Å². The van der Waals surface area contributed by atoms with Crippen molar-refractivity contribution >= 4 is 11.6 Å². The normalized spacial score (nSPS) is 12.6. The summed E-state index contributed by atoms with van der Waals surface area (Å²) >= 11 is 5.93. The second kappa shape index (κ2) is 5.87. The zero-order valence-electron chi connectivity index (χ0n) is 9.40. The predicted octanol–water partition coefficient (Wildman–Crippen LogP) is 3.07. The number of halogens is 1. The van der Waals surface area contributed by atoms with Crippen LogP contribution in [-0.2, 0) is 6.42 Å². The number of nitrogens with two attached hydrogens (primary N) is 1. The summed E-state index contributed by atoms with van der Waals surface area (Å²) in [5.41, 5.74) is 4.96. The molecule has 4 heteroatoms. The summed E-state index contributed by atoms with van der Waals surface area (Å²) in [6.07, 6.45) is 3.39. The topological polar surface area (TPSA) is 51.2 Å². The standard InChI is InChI=1S/C13H15ClN2O/c14-13-11(8-9-17-13)12(16-15)7-6-10-4-2-1-3-5-10/h1-5,8-9,12,16H,6-7,15H2. The molecule has 0 saturated heterocycles. The predicted molar refractivity (Wildman–Crippen MR) is 68.5 cm³/mol. The minimum absolute atomic E-state index is 0.0152. The zero-order chi connectivity index (χ0) is 12.1. The van der Waals surface area contributed by atoms with Crippen LogP contribution in [0.1, 0.15) is 23.6 Å². The number of hydrazine groups is 1. The third-order valence-corrected chi connectivity index (χ3v) is 3.09. The van der Waals surface area contributed by atoms with Crippen molar-refractivity contribution in [1.29, 1.82) is 0 Å². The molecule has 1 atom stereocenters. The second-order valence-corrected chi connectivity index (χ2v) is 4.24. The van der Waals surface area contributed by atoms with E-state index >= 15 is 0 Å². The Bertz CT molecular complexity index is 455. The molecule has 90 valence electrons. The molecule has 0 aliphatic heterocycles. The van der Waals surface area contributed by atoms with Crippen LogP contribution >= 0.6 is 11.6 Å². The summed E-state index contributed by atoms with van der Waals surface area (Å²) in [5, 5.41) is 0.404. The molecule has 0 bridgehead atoms. The first kappa shape index (κ1) is 12.2. The van der Waals surface area contributed by atoms with Crippen LogP contribution in [0.15, 0.2) is 47.1 Å². The monoisotopic (exact) mass is 250 g/mol. The molecule has 1 heterocycles. The molecule has 0 amide bonds. The van der Waals surface area contributed by atoms with E-state index in [4.69, 9.17) is 21.9 Å². The van der Waals surface area contributed by atoms with Crippen molar-refractivity contribution in [2.45, 2.75) is 18.9 Å². The molecular formula is C13H15ClN2O. The second-order valence-electron chi connectivity index (χ2n) is 3.89. The summed E-state index contributed by atoms with van der Waals surface area (Å²) in [7, 11) is 0. The van der Waals surface area contributed by atoms with E-state index in [0.29, 0.717) is 5.22 Å². The van der Waals surface area contributed by atoms with Gasteiger partial charge in [0.2, 0.25) is 0 Å². The van der Waals surface area contributed by atoms with Gasteiger partial charge in [0.25, 0.3) is 0 Å². The number of rotatable bonds is 5. The lowest BCUT2D eigenvalue weighted by Gasteiger charge is -2.14. The molecule has 0 saturated carbocycles. The highest BCUT2D eigenvalue weighted by molar-refractivity contribution is 6.29. The molecule has 0 radical (unpaired) electrons. The van der Waals surface area contributed by atoms with Crippen LogP contribution in [0.25, 0.3) is 0 Å². The first-order chi connectivity index (χ1) is 8.31. The fourth-order valence-corrected chi connectivity index (χ4v) is 2.08. The highest BCUT2D eigenvalue weighted by atomic mass is 35.5. The van der Waals surface area contributed by atoms with E-state index < -0.39 is 0 Å². The average molecular weight is 251 g/mol. The molecule has 2 rings (SSSR count). The van der Waals surface area contributed by atoms with Crippen molar-refractivity contribution in [2.75, 3.05) is 0 Å². The fourth-order valence-electron chi connectivity index (χ4n) is 1.84. The Labute approximate surface area is 106 Å². The molecule has 0 fully saturated rings. The van der Waals surface area contributed by atoms with Gasteiger partial charge in [-0.3, -0.25) is 11.3 Å². The third kappa shape index (κ3) is 3.09. The van der Waals surface area contributed by atoms with Crippen LogP contribution < -0.4 is 11.3 Å². The smallest absolute Gasteiger partial charge is 0.197 e. The van der Waals surface area contributed by atoms with Gasteiger partial charge in [-0.15, -0.1) is 0 Å². The summed E-state index contributed by atoms with van der Waals surface area (Å²) in [6.45, 7) is 0. The summed E-state index contributed by atoms with van der Waals surface area (Å²) in [4.78, 5) is 0. The summed E-state index contributed by atoms with van der Waals surface area (Å²) in [6, 6.07) is 12.1. The van der Waals surface area contributed by atoms with E-state index in [1.54, 1.807) is 6.26 Å². The molecule has 3 nitrogen and oxygen atoms in total. The molecule has 0 aliphatic rings. The van der Waals surface area contributed by atoms with Gasteiger partial charge >= 0.3 is 0 Å². The molecular weight excluding hydrogens is 236 g/mol. The molecule has 2 aromatic rings.